The van der Waals surface area contributed by atoms with Crippen molar-refractivity contribution in [1.82, 2.24) is 14.9 Å². The molecule has 3 rings (SSSR count). The number of imidazole rings is 1. The minimum Gasteiger partial charge on any atom is -0.352 e. The number of fused-ring (bicyclic) bond motifs is 1. The molecule has 0 saturated carbocycles. The molecule has 0 saturated heterocycles. The summed E-state index contributed by atoms with van der Waals surface area (Å²) in [6.07, 6.45) is 1.67. The zero-order valence-electron chi connectivity index (χ0n) is 15.2. The Balaban J connectivity index is 1.62. The van der Waals surface area contributed by atoms with Crippen molar-refractivity contribution in [1.29, 1.82) is 0 Å². The predicted octanol–water partition coefficient (Wildman–Crippen LogP) is 4.71. The van der Waals surface area contributed by atoms with Crippen LogP contribution in [-0.4, -0.2) is 22.0 Å². The molecule has 0 radical (unpaired) electrons. The standard InChI is InChI=1S/C21H24ClN3O/c1-15(2)14-25-19-10-4-3-9-18(19)24-20(25)11-6-12-23-21(26)16-7-5-8-17(22)13-16/h3-5,7-10,13,15H,6,11-12,14H2,1-2H3,(H,23,26). The van der Waals surface area contributed by atoms with Gasteiger partial charge in [-0.15, -0.1) is 0 Å². The molecule has 4 nitrogen and oxygen atoms in total. The molecule has 1 N–H and O–H groups in total. The second-order valence-corrected chi connectivity index (χ2v) is 7.33. The molecule has 1 amide bonds. The third kappa shape index (κ3) is 4.44. The minimum absolute atomic E-state index is 0.0943. The summed E-state index contributed by atoms with van der Waals surface area (Å²) < 4.78 is 2.30. The van der Waals surface area contributed by atoms with Crippen LogP contribution < -0.4 is 5.32 Å². The first-order chi connectivity index (χ1) is 12.5. The van der Waals surface area contributed by atoms with Crippen molar-refractivity contribution >= 4 is 28.5 Å². The minimum atomic E-state index is -0.0943. The van der Waals surface area contributed by atoms with Crippen LogP contribution in [-0.2, 0) is 13.0 Å². The van der Waals surface area contributed by atoms with Crippen LogP contribution in [0.1, 0.15) is 36.5 Å². The van der Waals surface area contributed by atoms with E-state index in [0.717, 1.165) is 30.7 Å². The van der Waals surface area contributed by atoms with Crippen molar-refractivity contribution < 1.29 is 4.79 Å². The summed E-state index contributed by atoms with van der Waals surface area (Å²) in [6, 6.07) is 15.2. The van der Waals surface area contributed by atoms with Crippen molar-refractivity contribution in [3.05, 3.63) is 64.9 Å². The van der Waals surface area contributed by atoms with Crippen LogP contribution in [0, 0.1) is 5.92 Å². The highest BCUT2D eigenvalue weighted by molar-refractivity contribution is 6.30. The van der Waals surface area contributed by atoms with Gasteiger partial charge in [0.15, 0.2) is 0 Å². The van der Waals surface area contributed by atoms with E-state index in [1.165, 1.54) is 5.52 Å². The molecule has 136 valence electrons. The first-order valence-corrected chi connectivity index (χ1v) is 9.40. The summed E-state index contributed by atoms with van der Waals surface area (Å²) in [6.45, 7) is 5.98. The SMILES string of the molecule is CC(C)Cn1c(CCCNC(=O)c2cccc(Cl)c2)nc2ccccc21. The molecule has 3 aromatic rings. The van der Waals surface area contributed by atoms with Crippen LogP contribution in [0.25, 0.3) is 11.0 Å². The molecule has 0 unspecified atom stereocenters. The molecular formula is C21H24ClN3O. The van der Waals surface area contributed by atoms with Crippen molar-refractivity contribution in [2.75, 3.05) is 6.54 Å². The maximum absolute atomic E-state index is 12.2. The van der Waals surface area contributed by atoms with Gasteiger partial charge in [0.2, 0.25) is 0 Å². The van der Waals surface area contributed by atoms with Gasteiger partial charge in [-0.3, -0.25) is 4.79 Å². The normalized spacial score (nSPS) is 11.2. The molecule has 0 fully saturated rings. The molecule has 0 atom stereocenters. The highest BCUT2D eigenvalue weighted by atomic mass is 35.5. The lowest BCUT2D eigenvalue weighted by atomic mass is 10.2. The second kappa shape index (κ2) is 8.37. The van der Waals surface area contributed by atoms with Crippen molar-refractivity contribution in [2.24, 2.45) is 5.92 Å². The number of rotatable bonds is 7. The molecule has 0 aliphatic heterocycles. The van der Waals surface area contributed by atoms with Gasteiger partial charge < -0.3 is 9.88 Å². The Morgan fingerprint density at radius 3 is 2.77 bits per heavy atom. The van der Waals surface area contributed by atoms with Gasteiger partial charge in [0.05, 0.1) is 11.0 Å². The van der Waals surface area contributed by atoms with Gasteiger partial charge in [-0.05, 0) is 42.7 Å². The number of halogens is 1. The predicted molar refractivity (Wildman–Crippen MR) is 107 cm³/mol. The van der Waals surface area contributed by atoms with Crippen LogP contribution in [0.5, 0.6) is 0 Å². The monoisotopic (exact) mass is 369 g/mol. The third-order valence-electron chi connectivity index (χ3n) is 4.23. The van der Waals surface area contributed by atoms with E-state index in [2.05, 4.69) is 41.9 Å². The Labute approximate surface area is 159 Å². The smallest absolute Gasteiger partial charge is 0.251 e. The van der Waals surface area contributed by atoms with Gasteiger partial charge in [0.25, 0.3) is 5.91 Å². The van der Waals surface area contributed by atoms with Crippen LogP contribution in [0.2, 0.25) is 5.02 Å². The molecule has 0 aliphatic rings. The number of carbonyl (C=O) groups excluding carboxylic acids is 1. The molecule has 0 aliphatic carbocycles. The number of carbonyl (C=O) groups is 1. The van der Waals surface area contributed by atoms with E-state index in [4.69, 9.17) is 16.6 Å². The Bertz CT molecular complexity index is 901. The highest BCUT2D eigenvalue weighted by Gasteiger charge is 2.12. The van der Waals surface area contributed by atoms with Gasteiger partial charge in [-0.1, -0.05) is 43.6 Å². The van der Waals surface area contributed by atoms with Gasteiger partial charge in [0, 0.05) is 30.1 Å². The number of aryl methyl sites for hydroxylation is 1. The van der Waals surface area contributed by atoms with Crippen molar-refractivity contribution in [3.63, 3.8) is 0 Å². The molecule has 5 heteroatoms. The molecule has 0 bridgehead atoms. The fourth-order valence-electron chi connectivity index (χ4n) is 3.07. The molecule has 0 spiro atoms. The lowest BCUT2D eigenvalue weighted by Crippen LogP contribution is -2.25. The number of benzene rings is 2. The van der Waals surface area contributed by atoms with E-state index in [1.54, 1.807) is 24.3 Å². The topological polar surface area (TPSA) is 46.9 Å². The van der Waals surface area contributed by atoms with Crippen LogP contribution in [0.15, 0.2) is 48.5 Å². The Morgan fingerprint density at radius 1 is 1.19 bits per heavy atom. The summed E-state index contributed by atoms with van der Waals surface area (Å²) in [5.74, 6) is 1.54. The van der Waals surface area contributed by atoms with E-state index in [0.29, 0.717) is 23.0 Å². The molecule has 26 heavy (non-hydrogen) atoms. The van der Waals surface area contributed by atoms with E-state index in [1.807, 2.05) is 6.07 Å². The number of hydrogen-bond donors (Lipinski definition) is 1. The Morgan fingerprint density at radius 2 is 2.00 bits per heavy atom. The lowest BCUT2D eigenvalue weighted by molar-refractivity contribution is 0.0953. The quantitative estimate of drug-likeness (QED) is 0.613. The summed E-state index contributed by atoms with van der Waals surface area (Å²) >= 11 is 5.94. The van der Waals surface area contributed by atoms with Gasteiger partial charge in [-0.25, -0.2) is 4.98 Å². The van der Waals surface area contributed by atoms with Gasteiger partial charge >= 0.3 is 0 Å². The summed E-state index contributed by atoms with van der Waals surface area (Å²) in [5.41, 5.74) is 2.80. The first-order valence-electron chi connectivity index (χ1n) is 9.02. The highest BCUT2D eigenvalue weighted by Crippen LogP contribution is 2.19. The zero-order chi connectivity index (χ0) is 18.5. The van der Waals surface area contributed by atoms with Crippen LogP contribution in [0.3, 0.4) is 0 Å². The van der Waals surface area contributed by atoms with Crippen LogP contribution >= 0.6 is 11.6 Å². The van der Waals surface area contributed by atoms with Crippen molar-refractivity contribution in [2.45, 2.75) is 33.2 Å². The molecule has 1 aromatic heterocycles. The van der Waals surface area contributed by atoms with E-state index >= 15 is 0 Å². The Hall–Kier alpha value is -2.33. The number of hydrogen-bond acceptors (Lipinski definition) is 2. The van der Waals surface area contributed by atoms with E-state index in [9.17, 15) is 4.79 Å². The lowest BCUT2D eigenvalue weighted by Gasteiger charge is -2.12. The zero-order valence-corrected chi connectivity index (χ0v) is 16.0. The molecule has 1 heterocycles. The fourth-order valence-corrected chi connectivity index (χ4v) is 3.26. The van der Waals surface area contributed by atoms with E-state index < -0.39 is 0 Å². The fraction of sp³-hybridized carbons (Fsp3) is 0.333. The number of aromatic nitrogens is 2. The largest absolute Gasteiger partial charge is 0.352 e. The molecule has 2 aromatic carbocycles. The maximum Gasteiger partial charge on any atom is 0.251 e. The van der Waals surface area contributed by atoms with Crippen molar-refractivity contribution in [3.8, 4) is 0 Å². The van der Waals surface area contributed by atoms with Gasteiger partial charge in [-0.2, -0.15) is 0 Å². The second-order valence-electron chi connectivity index (χ2n) is 6.89. The summed E-state index contributed by atoms with van der Waals surface area (Å²) in [5, 5.41) is 3.53. The van der Waals surface area contributed by atoms with Crippen LogP contribution in [0.4, 0.5) is 0 Å². The number of amides is 1. The average Bonchev–Trinajstić information content (AvgIpc) is 2.95. The summed E-state index contributed by atoms with van der Waals surface area (Å²) in [7, 11) is 0. The average molecular weight is 370 g/mol. The third-order valence-corrected chi connectivity index (χ3v) is 4.47. The summed E-state index contributed by atoms with van der Waals surface area (Å²) in [4.78, 5) is 17.0. The number of nitrogens with one attached hydrogen (secondary N) is 1. The Kier molecular flexibility index (Phi) is 5.94. The number of para-hydroxylation sites is 2. The van der Waals surface area contributed by atoms with Gasteiger partial charge in [0.1, 0.15) is 5.82 Å². The number of nitrogens with zero attached hydrogens (tertiary/aromatic N) is 2. The molecular weight excluding hydrogens is 346 g/mol. The first kappa shape index (κ1) is 18.5. The maximum atomic E-state index is 12.2. The van der Waals surface area contributed by atoms with E-state index in [-0.39, 0.29) is 5.91 Å².